The molecule has 0 fully saturated rings. The maximum atomic E-state index is 13.8. The van der Waals surface area contributed by atoms with Crippen LogP contribution in [0.5, 0.6) is 0 Å². The maximum Gasteiger partial charge on any atom is 0.186 e. The van der Waals surface area contributed by atoms with Crippen LogP contribution in [0.2, 0.25) is 0 Å². The monoisotopic (exact) mass is 249 g/mol. The largest absolute Gasteiger partial charge is 0.367 e. The van der Waals surface area contributed by atoms with Gasteiger partial charge in [0.2, 0.25) is 0 Å². The Labute approximate surface area is 105 Å². The van der Waals surface area contributed by atoms with Crippen LogP contribution in [0.15, 0.2) is 18.7 Å². The zero-order valence-electron chi connectivity index (χ0n) is 10.5. The van der Waals surface area contributed by atoms with Crippen LogP contribution < -0.4 is 5.32 Å². The number of aromatic nitrogens is 4. The van der Waals surface area contributed by atoms with Gasteiger partial charge in [-0.15, -0.1) is 0 Å². The second-order valence-electron chi connectivity index (χ2n) is 3.97. The van der Waals surface area contributed by atoms with Gasteiger partial charge >= 0.3 is 0 Å². The zero-order valence-corrected chi connectivity index (χ0v) is 10.5. The molecule has 18 heavy (non-hydrogen) atoms. The normalized spacial score (nSPS) is 10.6. The third kappa shape index (κ3) is 2.64. The molecule has 0 saturated carbocycles. The third-order valence-electron chi connectivity index (χ3n) is 2.76. The molecule has 2 heterocycles. The highest BCUT2D eigenvalue weighted by Gasteiger charge is 2.09. The number of hydrogen-bond donors (Lipinski definition) is 1. The van der Waals surface area contributed by atoms with E-state index in [-0.39, 0.29) is 11.6 Å². The van der Waals surface area contributed by atoms with Crippen molar-refractivity contribution in [2.75, 3.05) is 11.9 Å². The Bertz CT molecular complexity index is 523. The highest BCUT2D eigenvalue weighted by molar-refractivity contribution is 5.37. The molecule has 0 saturated heterocycles. The van der Waals surface area contributed by atoms with Crippen LogP contribution in [0.4, 0.5) is 10.2 Å². The molecule has 2 rings (SSSR count). The van der Waals surface area contributed by atoms with Gasteiger partial charge in [0.15, 0.2) is 11.6 Å². The van der Waals surface area contributed by atoms with Crippen LogP contribution in [0.25, 0.3) is 0 Å². The summed E-state index contributed by atoms with van der Waals surface area (Å²) in [5, 5.41) is 2.97. The minimum absolute atomic E-state index is 0.260. The molecular weight excluding hydrogens is 233 g/mol. The first-order valence-corrected chi connectivity index (χ1v) is 5.91. The van der Waals surface area contributed by atoms with Crippen molar-refractivity contribution >= 4 is 5.82 Å². The molecule has 1 N–H and O–H groups in total. The number of anilines is 1. The van der Waals surface area contributed by atoms with Crippen molar-refractivity contribution in [2.45, 2.75) is 19.8 Å². The Morgan fingerprint density at radius 2 is 2.17 bits per heavy atom. The predicted octanol–water partition coefficient (Wildman–Crippen LogP) is 1.57. The molecule has 0 aliphatic carbocycles. The summed E-state index contributed by atoms with van der Waals surface area (Å²) in [4.78, 5) is 12.0. The van der Waals surface area contributed by atoms with Gasteiger partial charge in [0.1, 0.15) is 12.2 Å². The zero-order chi connectivity index (χ0) is 13.0. The second-order valence-corrected chi connectivity index (χ2v) is 3.97. The highest BCUT2D eigenvalue weighted by Crippen LogP contribution is 2.12. The van der Waals surface area contributed by atoms with Gasteiger partial charge in [-0.2, -0.15) is 0 Å². The van der Waals surface area contributed by atoms with E-state index in [1.165, 1.54) is 6.33 Å². The fourth-order valence-electron chi connectivity index (χ4n) is 1.71. The first kappa shape index (κ1) is 12.5. The van der Waals surface area contributed by atoms with E-state index in [4.69, 9.17) is 0 Å². The predicted molar refractivity (Wildman–Crippen MR) is 66.8 cm³/mol. The van der Waals surface area contributed by atoms with Crippen molar-refractivity contribution in [3.8, 4) is 0 Å². The number of hydrogen-bond acceptors (Lipinski definition) is 4. The van der Waals surface area contributed by atoms with Gasteiger partial charge in [-0.3, -0.25) is 0 Å². The van der Waals surface area contributed by atoms with Gasteiger partial charge < -0.3 is 9.88 Å². The minimum atomic E-state index is -0.361. The molecule has 5 nitrogen and oxygen atoms in total. The first-order valence-electron chi connectivity index (χ1n) is 5.91. The molecular formula is C12H16FN5. The Morgan fingerprint density at radius 1 is 1.33 bits per heavy atom. The van der Waals surface area contributed by atoms with Gasteiger partial charge in [-0.05, 0) is 6.42 Å². The second kappa shape index (κ2) is 5.57. The smallest absolute Gasteiger partial charge is 0.186 e. The molecule has 0 atom stereocenters. The Balaban J connectivity index is 1.96. The summed E-state index contributed by atoms with van der Waals surface area (Å²) >= 11 is 0. The van der Waals surface area contributed by atoms with E-state index in [0.29, 0.717) is 25.1 Å². The number of nitrogens with zero attached hydrogens (tertiary/aromatic N) is 4. The molecule has 0 amide bonds. The molecule has 0 radical (unpaired) electrons. The molecule has 2 aromatic rings. The van der Waals surface area contributed by atoms with Crippen molar-refractivity contribution in [2.24, 2.45) is 7.05 Å². The van der Waals surface area contributed by atoms with Crippen LogP contribution >= 0.6 is 0 Å². The molecule has 0 bridgehead atoms. The molecule has 0 unspecified atom stereocenters. The maximum absolute atomic E-state index is 13.8. The quantitative estimate of drug-likeness (QED) is 0.873. The number of imidazole rings is 1. The molecule has 0 spiro atoms. The number of aryl methyl sites for hydroxylation is 2. The minimum Gasteiger partial charge on any atom is -0.367 e. The molecule has 6 heteroatoms. The molecule has 0 aliphatic rings. The Hall–Kier alpha value is -1.98. The van der Waals surface area contributed by atoms with Crippen LogP contribution in [0, 0.1) is 5.82 Å². The first-order chi connectivity index (χ1) is 8.72. The van der Waals surface area contributed by atoms with Gasteiger partial charge in [-0.25, -0.2) is 19.3 Å². The van der Waals surface area contributed by atoms with Crippen molar-refractivity contribution in [1.29, 1.82) is 0 Å². The van der Waals surface area contributed by atoms with Crippen molar-refractivity contribution in [1.82, 2.24) is 19.5 Å². The van der Waals surface area contributed by atoms with Gasteiger partial charge in [0.05, 0.1) is 5.69 Å². The van der Waals surface area contributed by atoms with Crippen molar-refractivity contribution < 1.29 is 4.39 Å². The lowest BCUT2D eigenvalue weighted by Gasteiger charge is -2.08. The van der Waals surface area contributed by atoms with Crippen molar-refractivity contribution in [3.05, 3.63) is 36.1 Å². The standard InChI is InChI=1S/C12H16FN5/c1-3-9-11(13)12(17-8-16-9)15-5-4-10-14-6-7-18(10)2/h6-8H,3-5H2,1-2H3,(H,15,16,17). The van der Waals surface area contributed by atoms with Crippen LogP contribution in [-0.4, -0.2) is 26.1 Å². The van der Waals surface area contributed by atoms with E-state index in [1.807, 2.05) is 24.7 Å². The molecule has 0 aliphatic heterocycles. The number of nitrogens with one attached hydrogen (secondary N) is 1. The fraction of sp³-hybridized carbons (Fsp3) is 0.417. The van der Waals surface area contributed by atoms with Gasteiger partial charge in [0.25, 0.3) is 0 Å². The highest BCUT2D eigenvalue weighted by atomic mass is 19.1. The van der Waals surface area contributed by atoms with Crippen LogP contribution in [-0.2, 0) is 19.9 Å². The van der Waals surface area contributed by atoms with E-state index >= 15 is 0 Å². The number of rotatable bonds is 5. The van der Waals surface area contributed by atoms with E-state index in [1.54, 1.807) is 6.20 Å². The van der Waals surface area contributed by atoms with E-state index < -0.39 is 0 Å². The molecule has 0 aromatic carbocycles. The van der Waals surface area contributed by atoms with E-state index in [9.17, 15) is 4.39 Å². The van der Waals surface area contributed by atoms with Crippen LogP contribution in [0.1, 0.15) is 18.4 Å². The molecule has 2 aromatic heterocycles. The van der Waals surface area contributed by atoms with Gasteiger partial charge in [0, 0.05) is 32.4 Å². The van der Waals surface area contributed by atoms with Crippen LogP contribution in [0.3, 0.4) is 0 Å². The summed E-state index contributed by atoms with van der Waals surface area (Å²) < 4.78 is 15.7. The number of halogens is 1. The Morgan fingerprint density at radius 3 is 2.83 bits per heavy atom. The summed E-state index contributed by atoms with van der Waals surface area (Å²) in [6, 6.07) is 0. The average Bonchev–Trinajstić information content (AvgIpc) is 2.77. The average molecular weight is 249 g/mol. The van der Waals surface area contributed by atoms with E-state index in [0.717, 1.165) is 5.82 Å². The molecule has 96 valence electrons. The fourth-order valence-corrected chi connectivity index (χ4v) is 1.71. The summed E-state index contributed by atoms with van der Waals surface area (Å²) in [6.07, 6.45) is 6.29. The lowest BCUT2D eigenvalue weighted by Crippen LogP contribution is -2.12. The van der Waals surface area contributed by atoms with Gasteiger partial charge in [-0.1, -0.05) is 6.92 Å². The lowest BCUT2D eigenvalue weighted by atomic mass is 10.3. The summed E-state index contributed by atoms with van der Waals surface area (Å²) in [7, 11) is 1.93. The van der Waals surface area contributed by atoms with Crippen molar-refractivity contribution in [3.63, 3.8) is 0 Å². The summed E-state index contributed by atoms with van der Waals surface area (Å²) in [5.74, 6) is 0.851. The summed E-state index contributed by atoms with van der Waals surface area (Å²) in [6.45, 7) is 2.45. The topological polar surface area (TPSA) is 55.6 Å². The summed E-state index contributed by atoms with van der Waals surface area (Å²) in [5.41, 5.74) is 0.435. The lowest BCUT2D eigenvalue weighted by molar-refractivity contribution is 0.596. The third-order valence-corrected chi connectivity index (χ3v) is 2.76. The van der Waals surface area contributed by atoms with E-state index in [2.05, 4.69) is 20.3 Å². The SMILES string of the molecule is CCc1ncnc(NCCc2nccn2C)c1F. The Kier molecular flexibility index (Phi) is 3.86.